The summed E-state index contributed by atoms with van der Waals surface area (Å²) in [5, 5.41) is 0. The molecule has 0 amide bonds. The van der Waals surface area contributed by atoms with Crippen molar-refractivity contribution in [2.24, 2.45) is 5.92 Å². The second-order valence-corrected chi connectivity index (χ2v) is 5.49. The molecule has 0 fully saturated rings. The van der Waals surface area contributed by atoms with Crippen LogP contribution in [0.25, 0.3) is 0 Å². The van der Waals surface area contributed by atoms with Crippen LogP contribution in [0.5, 0.6) is 6.01 Å². The van der Waals surface area contributed by atoms with Crippen LogP contribution in [0, 0.1) is 5.92 Å². The zero-order valence-corrected chi connectivity index (χ0v) is 13.1. The number of nitrogens with zero attached hydrogens (tertiary/aromatic N) is 3. The first-order valence-electron chi connectivity index (χ1n) is 7.15. The average molecular weight is 325 g/mol. The van der Waals surface area contributed by atoms with Crippen molar-refractivity contribution < 1.29 is 17.9 Å². The molecule has 0 saturated heterocycles. The molecule has 0 aliphatic carbocycles. The van der Waals surface area contributed by atoms with Gasteiger partial charge in [-0.2, -0.15) is 18.2 Å². The van der Waals surface area contributed by atoms with Crippen LogP contribution in [-0.4, -0.2) is 23.6 Å². The van der Waals surface area contributed by atoms with Gasteiger partial charge in [0.25, 0.3) is 0 Å². The van der Waals surface area contributed by atoms with Gasteiger partial charge >= 0.3 is 12.2 Å². The van der Waals surface area contributed by atoms with E-state index in [1.54, 1.807) is 30.3 Å². The summed E-state index contributed by atoms with van der Waals surface area (Å²) < 4.78 is 45.0. The normalized spacial score (nSPS) is 11.6. The molecule has 0 aliphatic rings. The minimum absolute atomic E-state index is 0.0653. The largest absolute Gasteiger partial charge is 0.463 e. The Kier molecular flexibility index (Phi) is 5.08. The van der Waals surface area contributed by atoms with Crippen molar-refractivity contribution in [3.63, 3.8) is 0 Å². The number of para-hydroxylation sites is 1. The van der Waals surface area contributed by atoms with Gasteiger partial charge in [-0.05, 0) is 18.1 Å². The lowest BCUT2D eigenvalue weighted by Gasteiger charge is -2.22. The predicted molar refractivity (Wildman–Crippen MR) is 81.9 cm³/mol. The van der Waals surface area contributed by atoms with E-state index in [9.17, 15) is 13.2 Å². The molecule has 1 aromatic carbocycles. The van der Waals surface area contributed by atoms with Crippen molar-refractivity contribution in [1.29, 1.82) is 0 Å². The van der Waals surface area contributed by atoms with Gasteiger partial charge in [-0.15, -0.1) is 0 Å². The molecular weight excluding hydrogens is 307 g/mol. The minimum atomic E-state index is -4.55. The first-order chi connectivity index (χ1) is 10.8. The Bertz CT molecular complexity index is 645. The van der Waals surface area contributed by atoms with Crippen molar-refractivity contribution >= 4 is 11.5 Å². The molecule has 0 aliphatic heterocycles. The third kappa shape index (κ3) is 4.34. The summed E-state index contributed by atoms with van der Waals surface area (Å²) in [4.78, 5) is 9.00. The molecule has 0 spiro atoms. The van der Waals surface area contributed by atoms with E-state index in [4.69, 9.17) is 4.74 Å². The van der Waals surface area contributed by atoms with Gasteiger partial charge in [0.05, 0.1) is 6.61 Å². The van der Waals surface area contributed by atoms with Crippen molar-refractivity contribution in [3.05, 3.63) is 42.1 Å². The second kappa shape index (κ2) is 6.85. The minimum Gasteiger partial charge on any atom is -0.463 e. The van der Waals surface area contributed by atoms with E-state index in [2.05, 4.69) is 9.97 Å². The van der Waals surface area contributed by atoms with E-state index in [0.29, 0.717) is 12.3 Å². The Morgan fingerprint density at radius 3 is 2.39 bits per heavy atom. The molecule has 23 heavy (non-hydrogen) atoms. The Labute approximate surface area is 132 Å². The number of anilines is 2. The summed E-state index contributed by atoms with van der Waals surface area (Å²) in [6.45, 7) is 4.20. The lowest BCUT2D eigenvalue weighted by Crippen LogP contribution is -2.19. The van der Waals surface area contributed by atoms with Crippen LogP contribution in [0.3, 0.4) is 0 Å². The molecule has 0 unspecified atom stereocenters. The molecule has 0 bridgehead atoms. The molecule has 1 heterocycles. The Morgan fingerprint density at radius 2 is 1.83 bits per heavy atom. The summed E-state index contributed by atoms with van der Waals surface area (Å²) in [6, 6.07) is 8.63. The van der Waals surface area contributed by atoms with Gasteiger partial charge in [0, 0.05) is 18.9 Å². The van der Waals surface area contributed by atoms with Crippen LogP contribution in [-0.2, 0) is 6.18 Å². The molecule has 0 radical (unpaired) electrons. The van der Waals surface area contributed by atoms with E-state index in [0.717, 1.165) is 6.20 Å². The number of aromatic nitrogens is 2. The van der Waals surface area contributed by atoms with E-state index in [1.807, 2.05) is 13.8 Å². The highest BCUT2D eigenvalue weighted by Crippen LogP contribution is 2.37. The van der Waals surface area contributed by atoms with Crippen LogP contribution < -0.4 is 9.64 Å². The third-order valence-electron chi connectivity index (χ3n) is 3.06. The highest BCUT2D eigenvalue weighted by molar-refractivity contribution is 5.62. The van der Waals surface area contributed by atoms with Crippen LogP contribution in [0.15, 0.2) is 36.5 Å². The Morgan fingerprint density at radius 1 is 1.17 bits per heavy atom. The lowest BCUT2D eigenvalue weighted by atomic mass is 10.2. The highest BCUT2D eigenvalue weighted by atomic mass is 19.4. The number of benzene rings is 1. The molecule has 124 valence electrons. The van der Waals surface area contributed by atoms with Crippen LogP contribution in [0.1, 0.15) is 19.4 Å². The van der Waals surface area contributed by atoms with Gasteiger partial charge in [-0.3, -0.25) is 0 Å². The van der Waals surface area contributed by atoms with Crippen molar-refractivity contribution in [2.45, 2.75) is 20.0 Å². The molecule has 0 N–H and O–H groups in total. The fourth-order valence-corrected chi connectivity index (χ4v) is 1.90. The molecule has 4 nitrogen and oxygen atoms in total. The van der Waals surface area contributed by atoms with Crippen LogP contribution in [0.4, 0.5) is 24.7 Å². The molecule has 0 atom stereocenters. The topological polar surface area (TPSA) is 38.2 Å². The summed E-state index contributed by atoms with van der Waals surface area (Å²) in [5.74, 6) is -0.0198. The molecule has 2 rings (SSSR count). The van der Waals surface area contributed by atoms with Gasteiger partial charge < -0.3 is 9.64 Å². The molecule has 0 saturated carbocycles. The third-order valence-corrected chi connectivity index (χ3v) is 3.06. The quantitative estimate of drug-likeness (QED) is 0.821. The van der Waals surface area contributed by atoms with E-state index in [-0.39, 0.29) is 17.7 Å². The maximum Gasteiger partial charge on any atom is 0.421 e. The maximum absolute atomic E-state index is 13.2. The van der Waals surface area contributed by atoms with Gasteiger partial charge in [-0.1, -0.05) is 32.0 Å². The standard InChI is InChI=1S/C16H18F3N3O/c1-11(2)10-23-15-20-9-13(16(17,18)19)14(21-15)22(3)12-7-5-4-6-8-12/h4-9,11H,10H2,1-3H3. The number of halogens is 3. The Balaban J connectivity index is 2.42. The van der Waals surface area contributed by atoms with Crippen molar-refractivity contribution in [2.75, 3.05) is 18.6 Å². The smallest absolute Gasteiger partial charge is 0.421 e. The van der Waals surface area contributed by atoms with Gasteiger partial charge in [0.1, 0.15) is 5.56 Å². The van der Waals surface area contributed by atoms with Crippen molar-refractivity contribution in [1.82, 2.24) is 9.97 Å². The fourth-order valence-electron chi connectivity index (χ4n) is 1.90. The first-order valence-corrected chi connectivity index (χ1v) is 7.15. The SMILES string of the molecule is CC(C)COc1ncc(C(F)(F)F)c(N(C)c2ccccc2)n1. The molecule has 1 aromatic heterocycles. The zero-order chi connectivity index (χ0) is 17.0. The van der Waals surface area contributed by atoms with Crippen molar-refractivity contribution in [3.8, 4) is 6.01 Å². The van der Waals surface area contributed by atoms with Gasteiger partial charge in [-0.25, -0.2) is 4.98 Å². The number of hydrogen-bond donors (Lipinski definition) is 0. The van der Waals surface area contributed by atoms with Crippen LogP contribution >= 0.6 is 0 Å². The highest BCUT2D eigenvalue weighted by Gasteiger charge is 2.36. The molecular formula is C16H18F3N3O. The predicted octanol–water partition coefficient (Wildman–Crippen LogP) is 4.30. The number of ether oxygens (including phenoxy) is 1. The molecule has 7 heteroatoms. The fraction of sp³-hybridized carbons (Fsp3) is 0.375. The molecule has 2 aromatic rings. The summed E-state index contributed by atoms with van der Waals surface area (Å²) in [7, 11) is 1.53. The zero-order valence-electron chi connectivity index (χ0n) is 13.1. The summed E-state index contributed by atoms with van der Waals surface area (Å²) >= 11 is 0. The van der Waals surface area contributed by atoms with Crippen LogP contribution in [0.2, 0.25) is 0 Å². The number of rotatable bonds is 5. The lowest BCUT2D eigenvalue weighted by molar-refractivity contribution is -0.137. The first kappa shape index (κ1) is 17.1. The summed E-state index contributed by atoms with van der Waals surface area (Å²) in [5.41, 5.74) is -0.313. The van der Waals surface area contributed by atoms with E-state index in [1.165, 1.54) is 11.9 Å². The Hall–Kier alpha value is -2.31. The second-order valence-electron chi connectivity index (χ2n) is 5.49. The van der Waals surface area contributed by atoms with Gasteiger partial charge in [0.2, 0.25) is 0 Å². The van der Waals surface area contributed by atoms with E-state index < -0.39 is 11.7 Å². The number of alkyl halides is 3. The van der Waals surface area contributed by atoms with Gasteiger partial charge in [0.15, 0.2) is 5.82 Å². The maximum atomic E-state index is 13.2. The average Bonchev–Trinajstić information content (AvgIpc) is 2.52. The number of hydrogen-bond acceptors (Lipinski definition) is 4. The van der Waals surface area contributed by atoms with E-state index >= 15 is 0 Å². The summed E-state index contributed by atoms with van der Waals surface area (Å²) in [6.07, 6.45) is -3.79. The monoisotopic (exact) mass is 325 g/mol.